The van der Waals surface area contributed by atoms with Crippen LogP contribution < -0.4 is 14.4 Å². The van der Waals surface area contributed by atoms with Crippen LogP contribution in [0.2, 0.25) is 0 Å². The van der Waals surface area contributed by atoms with Crippen molar-refractivity contribution in [2.75, 3.05) is 18.6 Å². The Morgan fingerprint density at radius 2 is 1.71 bits per heavy atom. The molecule has 1 aliphatic heterocycles. The zero-order valence-corrected chi connectivity index (χ0v) is 19.3. The summed E-state index contributed by atoms with van der Waals surface area (Å²) in [6.07, 6.45) is 0. The molecule has 1 unspecified atom stereocenters. The van der Waals surface area contributed by atoms with Gasteiger partial charge in [-0.2, -0.15) is 0 Å². The maximum absolute atomic E-state index is 14.8. The number of Topliss-reactive ketones (excluding diaryl/α,β-unsaturated/α-hetero) is 1. The third-order valence-corrected chi connectivity index (χ3v) is 5.74. The minimum atomic E-state index is -1.21. The molecule has 3 aromatic rings. The fraction of sp³-hybridized carbons (Fsp3) is 0.185. The molecule has 0 aliphatic carbocycles. The molecule has 1 aliphatic rings. The van der Waals surface area contributed by atoms with Gasteiger partial charge >= 0.3 is 0 Å². The lowest BCUT2D eigenvalue weighted by Crippen LogP contribution is -2.30. The molecule has 180 valence electrons. The number of carbonyl (C=O) groups excluding carboxylic acids is 2. The van der Waals surface area contributed by atoms with Crippen LogP contribution >= 0.6 is 0 Å². The van der Waals surface area contributed by atoms with E-state index in [1.165, 1.54) is 7.11 Å². The van der Waals surface area contributed by atoms with Gasteiger partial charge < -0.3 is 14.6 Å². The number of aryl methyl sites for hydroxylation is 1. The average molecular weight is 479 g/mol. The van der Waals surface area contributed by atoms with Gasteiger partial charge in [0, 0.05) is 11.6 Å². The number of hydrogen-bond donors (Lipinski definition) is 1. The van der Waals surface area contributed by atoms with E-state index in [9.17, 15) is 23.5 Å². The van der Waals surface area contributed by atoms with Crippen molar-refractivity contribution in [3.05, 3.63) is 94.6 Å². The third-order valence-electron chi connectivity index (χ3n) is 5.74. The maximum atomic E-state index is 14.8. The third kappa shape index (κ3) is 4.35. The number of rotatable bonds is 6. The molecule has 35 heavy (non-hydrogen) atoms. The summed E-state index contributed by atoms with van der Waals surface area (Å²) in [5, 5.41) is 11.2. The van der Waals surface area contributed by atoms with Gasteiger partial charge in [0.15, 0.2) is 11.5 Å². The summed E-state index contributed by atoms with van der Waals surface area (Å²) in [4.78, 5) is 27.3. The van der Waals surface area contributed by atoms with Crippen LogP contribution in [0.1, 0.15) is 29.7 Å². The standard InChI is InChI=1S/C27H23F2NO5/c1-4-35-22-13-17(9-12-21(22)34-3)24-23(25(31)16-7-5-15(2)6-8-16)26(32)27(33)30(24)20-11-10-18(28)14-19(20)29/h5-14,24,31H,4H2,1-3H3/b25-23+. The molecule has 1 atom stereocenters. The molecule has 4 rings (SSSR count). The smallest absolute Gasteiger partial charge is 0.300 e. The molecule has 6 nitrogen and oxygen atoms in total. The largest absolute Gasteiger partial charge is 0.507 e. The van der Waals surface area contributed by atoms with Crippen LogP contribution in [0, 0.1) is 18.6 Å². The Balaban J connectivity index is 1.98. The van der Waals surface area contributed by atoms with E-state index in [1.807, 2.05) is 6.92 Å². The van der Waals surface area contributed by atoms with Crippen LogP contribution in [-0.4, -0.2) is 30.5 Å². The Kier molecular flexibility index (Phi) is 6.55. The van der Waals surface area contributed by atoms with E-state index >= 15 is 0 Å². The minimum absolute atomic E-state index is 0.227. The van der Waals surface area contributed by atoms with Gasteiger partial charge in [0.05, 0.1) is 31.0 Å². The van der Waals surface area contributed by atoms with E-state index in [-0.39, 0.29) is 11.3 Å². The van der Waals surface area contributed by atoms with Crippen molar-refractivity contribution in [3.63, 3.8) is 0 Å². The lowest BCUT2D eigenvalue weighted by molar-refractivity contribution is -0.132. The lowest BCUT2D eigenvalue weighted by atomic mass is 9.94. The van der Waals surface area contributed by atoms with Crippen LogP contribution in [0.15, 0.2) is 66.2 Å². The van der Waals surface area contributed by atoms with Gasteiger partial charge in [-0.05, 0) is 43.7 Å². The lowest BCUT2D eigenvalue weighted by Gasteiger charge is -2.26. The highest BCUT2D eigenvalue weighted by Crippen LogP contribution is 2.44. The summed E-state index contributed by atoms with van der Waals surface area (Å²) in [5.74, 6) is -3.55. The average Bonchev–Trinajstić information content (AvgIpc) is 3.10. The first-order chi connectivity index (χ1) is 16.8. The second-order valence-corrected chi connectivity index (χ2v) is 7.97. The number of halogens is 2. The molecule has 0 aromatic heterocycles. The van der Waals surface area contributed by atoms with Crippen molar-refractivity contribution < 1.29 is 33.0 Å². The van der Waals surface area contributed by atoms with E-state index in [1.54, 1.807) is 49.4 Å². The Labute approximate surface area is 201 Å². The number of carbonyl (C=O) groups is 2. The zero-order chi connectivity index (χ0) is 25.3. The van der Waals surface area contributed by atoms with Gasteiger partial charge in [-0.15, -0.1) is 0 Å². The topological polar surface area (TPSA) is 76.1 Å². The van der Waals surface area contributed by atoms with E-state index in [2.05, 4.69) is 0 Å². The van der Waals surface area contributed by atoms with Gasteiger partial charge in [0.25, 0.3) is 11.7 Å². The normalized spacial score (nSPS) is 17.1. The predicted molar refractivity (Wildman–Crippen MR) is 126 cm³/mol. The number of aliphatic hydroxyl groups excluding tert-OH is 1. The van der Waals surface area contributed by atoms with Crippen molar-refractivity contribution in [1.29, 1.82) is 0 Å². The van der Waals surface area contributed by atoms with Crippen LogP contribution in [0.4, 0.5) is 14.5 Å². The Hall–Kier alpha value is -4.20. The number of methoxy groups -OCH3 is 1. The van der Waals surface area contributed by atoms with Gasteiger partial charge in [-0.1, -0.05) is 35.9 Å². The second kappa shape index (κ2) is 9.58. The molecule has 0 spiro atoms. The summed E-state index contributed by atoms with van der Waals surface area (Å²) >= 11 is 0. The van der Waals surface area contributed by atoms with Crippen molar-refractivity contribution in [1.82, 2.24) is 0 Å². The maximum Gasteiger partial charge on any atom is 0.300 e. The zero-order valence-electron chi connectivity index (χ0n) is 19.3. The van der Waals surface area contributed by atoms with Crippen LogP contribution in [0.25, 0.3) is 5.76 Å². The highest BCUT2D eigenvalue weighted by Gasteiger charge is 2.48. The molecule has 1 heterocycles. The molecule has 3 aromatic carbocycles. The molecule has 8 heteroatoms. The highest BCUT2D eigenvalue weighted by molar-refractivity contribution is 6.51. The summed E-state index contributed by atoms with van der Waals surface area (Å²) in [6.45, 7) is 3.96. The Bertz CT molecular complexity index is 1330. The monoisotopic (exact) mass is 479 g/mol. The molecule has 0 radical (unpaired) electrons. The van der Waals surface area contributed by atoms with E-state index in [0.717, 1.165) is 22.6 Å². The number of aliphatic hydroxyl groups is 1. The number of nitrogens with zero attached hydrogens (tertiary/aromatic N) is 1. The molecule has 0 saturated carbocycles. The number of ketones is 1. The second-order valence-electron chi connectivity index (χ2n) is 7.97. The molecular weight excluding hydrogens is 456 g/mol. The number of ether oxygens (including phenoxy) is 2. The first kappa shape index (κ1) is 23.9. The summed E-state index contributed by atoms with van der Waals surface area (Å²) < 4.78 is 39.4. The number of anilines is 1. The quantitative estimate of drug-likeness (QED) is 0.295. The van der Waals surface area contributed by atoms with Crippen molar-refractivity contribution in [2.45, 2.75) is 19.9 Å². The molecule has 1 saturated heterocycles. The molecular formula is C27H23F2NO5. The molecule has 1 fully saturated rings. The summed E-state index contributed by atoms with van der Waals surface area (Å²) in [5.41, 5.74) is 1.09. The first-order valence-corrected chi connectivity index (χ1v) is 10.9. The highest BCUT2D eigenvalue weighted by atomic mass is 19.1. The summed E-state index contributed by atoms with van der Waals surface area (Å²) in [7, 11) is 1.47. The van der Waals surface area contributed by atoms with Crippen molar-refractivity contribution in [2.24, 2.45) is 0 Å². The number of benzene rings is 3. The Morgan fingerprint density at radius 1 is 1.00 bits per heavy atom. The molecule has 1 amide bonds. The number of amides is 1. The molecule has 0 bridgehead atoms. The van der Waals surface area contributed by atoms with Gasteiger partial charge in [0.2, 0.25) is 0 Å². The predicted octanol–water partition coefficient (Wildman–Crippen LogP) is 5.31. The SMILES string of the molecule is CCOc1cc(C2/C(=C(\O)c3ccc(C)cc3)C(=O)C(=O)N2c2ccc(F)cc2F)ccc1OC. The van der Waals surface area contributed by atoms with Crippen LogP contribution in [-0.2, 0) is 9.59 Å². The van der Waals surface area contributed by atoms with Crippen molar-refractivity contribution >= 4 is 23.1 Å². The minimum Gasteiger partial charge on any atom is -0.507 e. The van der Waals surface area contributed by atoms with Crippen LogP contribution in [0.3, 0.4) is 0 Å². The van der Waals surface area contributed by atoms with Gasteiger partial charge in [0.1, 0.15) is 17.4 Å². The van der Waals surface area contributed by atoms with E-state index in [0.29, 0.717) is 35.3 Å². The van der Waals surface area contributed by atoms with Gasteiger partial charge in [-0.3, -0.25) is 14.5 Å². The summed E-state index contributed by atoms with van der Waals surface area (Å²) in [6, 6.07) is 13.0. The van der Waals surface area contributed by atoms with Crippen LogP contribution in [0.5, 0.6) is 11.5 Å². The van der Waals surface area contributed by atoms with Gasteiger partial charge in [-0.25, -0.2) is 8.78 Å². The fourth-order valence-electron chi connectivity index (χ4n) is 4.07. The Morgan fingerprint density at radius 3 is 2.34 bits per heavy atom. The first-order valence-electron chi connectivity index (χ1n) is 10.9. The molecule has 1 N–H and O–H groups in total. The van der Waals surface area contributed by atoms with E-state index < -0.39 is 35.1 Å². The van der Waals surface area contributed by atoms with E-state index in [4.69, 9.17) is 9.47 Å². The fourth-order valence-corrected chi connectivity index (χ4v) is 4.07. The number of hydrogen-bond acceptors (Lipinski definition) is 5. The van der Waals surface area contributed by atoms with Crippen molar-refractivity contribution in [3.8, 4) is 11.5 Å².